The number of carbonyl (C=O) groups excluding carboxylic acids is 1. The average Bonchev–Trinajstić information content (AvgIpc) is 3.42. The van der Waals surface area contributed by atoms with Crippen LogP contribution in [0.25, 0.3) is 11.1 Å². The second kappa shape index (κ2) is 6.93. The van der Waals surface area contributed by atoms with Crippen molar-refractivity contribution in [3.63, 3.8) is 0 Å². The summed E-state index contributed by atoms with van der Waals surface area (Å²) < 4.78 is 5.53. The number of ether oxygens (including phenoxy) is 1. The Hall–Kier alpha value is -2.33. The fourth-order valence-corrected chi connectivity index (χ4v) is 6.18. The molecule has 0 radical (unpaired) electrons. The van der Waals surface area contributed by atoms with Gasteiger partial charge in [0.15, 0.2) is 0 Å². The van der Waals surface area contributed by atoms with Crippen LogP contribution in [-0.4, -0.2) is 30.3 Å². The lowest BCUT2D eigenvalue weighted by atomic mass is 9.77. The summed E-state index contributed by atoms with van der Waals surface area (Å²) >= 11 is 0. The van der Waals surface area contributed by atoms with Crippen molar-refractivity contribution in [3.8, 4) is 16.9 Å². The smallest absolute Gasteiger partial charge is 0.255 e. The maximum Gasteiger partial charge on any atom is 0.255 e. The summed E-state index contributed by atoms with van der Waals surface area (Å²) in [7, 11) is 1.59. The summed E-state index contributed by atoms with van der Waals surface area (Å²) in [6, 6.07) is 15.6. The Balaban J connectivity index is 1.37. The Morgan fingerprint density at radius 2 is 1.75 bits per heavy atom. The standard InChI is InChI=1S/C24H27NO3/c1-28-21-12-15(14-6-3-2-4-7-14)10-11-18(21)24(27)25-22-19-13-20(23(22)26)17-9-5-8-16(17)19/h2-4,6-7,10-12,16-17,19-20,22-23,26H,5,8-9,13H2,1H3,(H,25,27). The van der Waals surface area contributed by atoms with Crippen molar-refractivity contribution in [1.29, 1.82) is 0 Å². The average molecular weight is 377 g/mol. The summed E-state index contributed by atoms with van der Waals surface area (Å²) in [5.74, 6) is 2.56. The number of hydrogen-bond donors (Lipinski definition) is 2. The molecule has 28 heavy (non-hydrogen) atoms. The van der Waals surface area contributed by atoms with Crippen LogP contribution in [0.4, 0.5) is 0 Å². The highest BCUT2D eigenvalue weighted by atomic mass is 16.5. The second-order valence-corrected chi connectivity index (χ2v) is 8.59. The fourth-order valence-electron chi connectivity index (χ4n) is 6.18. The van der Waals surface area contributed by atoms with Crippen LogP contribution < -0.4 is 10.1 Å². The minimum absolute atomic E-state index is 0.129. The second-order valence-electron chi connectivity index (χ2n) is 8.59. The number of benzene rings is 2. The Kier molecular flexibility index (Phi) is 4.39. The SMILES string of the molecule is COc1cc(-c2ccccc2)ccc1C(=O)NC1C(O)C2CC1C1CCCC21. The summed E-state index contributed by atoms with van der Waals surface area (Å²) in [6.45, 7) is 0. The molecular formula is C24H27NO3. The molecule has 2 aromatic rings. The summed E-state index contributed by atoms with van der Waals surface area (Å²) in [4.78, 5) is 13.0. The zero-order chi connectivity index (χ0) is 19.3. The molecular weight excluding hydrogens is 350 g/mol. The van der Waals surface area contributed by atoms with Gasteiger partial charge in [0.05, 0.1) is 24.8 Å². The maximum absolute atomic E-state index is 13.0. The highest BCUT2D eigenvalue weighted by Crippen LogP contribution is 2.58. The van der Waals surface area contributed by atoms with Gasteiger partial charge >= 0.3 is 0 Å². The van der Waals surface area contributed by atoms with Crippen LogP contribution in [0.3, 0.4) is 0 Å². The van der Waals surface area contributed by atoms with E-state index in [-0.39, 0.29) is 11.9 Å². The quantitative estimate of drug-likeness (QED) is 0.850. The molecule has 4 nitrogen and oxygen atoms in total. The number of nitrogens with one attached hydrogen (secondary N) is 1. The van der Waals surface area contributed by atoms with Gasteiger partial charge in [-0.05, 0) is 66.2 Å². The van der Waals surface area contributed by atoms with E-state index in [1.165, 1.54) is 19.3 Å². The van der Waals surface area contributed by atoms with Gasteiger partial charge in [-0.1, -0.05) is 42.8 Å². The normalized spacial score (nSPS) is 32.9. The molecule has 4 heteroatoms. The molecule has 0 heterocycles. The van der Waals surface area contributed by atoms with E-state index in [1.807, 2.05) is 48.5 Å². The highest BCUT2D eigenvalue weighted by molar-refractivity contribution is 5.98. The van der Waals surface area contributed by atoms with Crippen LogP contribution >= 0.6 is 0 Å². The molecule has 0 saturated heterocycles. The van der Waals surface area contributed by atoms with Crippen molar-refractivity contribution in [2.45, 2.75) is 37.8 Å². The Bertz CT molecular complexity index is 881. The van der Waals surface area contributed by atoms with Crippen LogP contribution in [0.5, 0.6) is 5.75 Å². The minimum atomic E-state index is -0.414. The summed E-state index contributed by atoms with van der Waals surface area (Å²) in [5, 5.41) is 13.9. The third-order valence-corrected chi connectivity index (χ3v) is 7.39. The number of fused-ring (bicyclic) bond motifs is 5. The molecule has 6 atom stereocenters. The molecule has 5 rings (SSSR count). The summed E-state index contributed by atoms with van der Waals surface area (Å²) in [5.41, 5.74) is 2.63. The number of aliphatic hydroxyl groups is 1. The first-order chi connectivity index (χ1) is 13.7. The minimum Gasteiger partial charge on any atom is -0.496 e. The monoisotopic (exact) mass is 377 g/mol. The fraction of sp³-hybridized carbons (Fsp3) is 0.458. The predicted molar refractivity (Wildman–Crippen MR) is 108 cm³/mol. The van der Waals surface area contributed by atoms with Gasteiger partial charge in [-0.25, -0.2) is 0 Å². The van der Waals surface area contributed by atoms with E-state index in [0.717, 1.165) is 17.5 Å². The van der Waals surface area contributed by atoms with Crippen LogP contribution in [0.1, 0.15) is 36.0 Å². The molecule has 0 aliphatic heterocycles. The van der Waals surface area contributed by atoms with Gasteiger partial charge in [0, 0.05) is 0 Å². The van der Waals surface area contributed by atoms with Crippen molar-refractivity contribution < 1.29 is 14.6 Å². The molecule has 3 saturated carbocycles. The van der Waals surface area contributed by atoms with E-state index >= 15 is 0 Å². The number of aliphatic hydroxyl groups excluding tert-OH is 1. The molecule has 2 bridgehead atoms. The van der Waals surface area contributed by atoms with Gasteiger partial charge < -0.3 is 15.2 Å². The van der Waals surface area contributed by atoms with Gasteiger partial charge in [0.1, 0.15) is 5.75 Å². The largest absolute Gasteiger partial charge is 0.496 e. The molecule has 2 aromatic carbocycles. The Morgan fingerprint density at radius 3 is 2.50 bits per heavy atom. The Labute approximate surface area is 165 Å². The third-order valence-electron chi connectivity index (χ3n) is 7.39. The lowest BCUT2D eigenvalue weighted by Crippen LogP contribution is -2.50. The van der Waals surface area contributed by atoms with Gasteiger partial charge in [-0.2, -0.15) is 0 Å². The number of carbonyl (C=O) groups is 1. The lowest BCUT2D eigenvalue weighted by molar-refractivity contribution is 0.0309. The number of methoxy groups -OCH3 is 1. The first-order valence-electron chi connectivity index (χ1n) is 10.4. The first kappa shape index (κ1) is 17.7. The van der Waals surface area contributed by atoms with Gasteiger partial charge in [-0.3, -0.25) is 4.79 Å². The van der Waals surface area contributed by atoms with Gasteiger partial charge in [0.2, 0.25) is 0 Å². The van der Waals surface area contributed by atoms with E-state index in [9.17, 15) is 9.90 Å². The molecule has 2 N–H and O–H groups in total. The van der Waals surface area contributed by atoms with Crippen molar-refractivity contribution in [1.82, 2.24) is 5.32 Å². The van der Waals surface area contributed by atoms with Gasteiger partial charge in [0.25, 0.3) is 5.91 Å². The number of rotatable bonds is 4. The van der Waals surface area contributed by atoms with Crippen molar-refractivity contribution >= 4 is 5.91 Å². The molecule has 3 aliphatic rings. The molecule has 6 unspecified atom stereocenters. The van der Waals surface area contributed by atoms with Crippen LogP contribution in [0.2, 0.25) is 0 Å². The zero-order valence-corrected chi connectivity index (χ0v) is 16.2. The zero-order valence-electron chi connectivity index (χ0n) is 16.2. The predicted octanol–water partition coefficient (Wildman–Crippen LogP) is 3.89. The molecule has 3 aliphatic carbocycles. The molecule has 0 aromatic heterocycles. The van der Waals surface area contributed by atoms with Crippen molar-refractivity contribution in [2.24, 2.45) is 23.7 Å². The highest BCUT2D eigenvalue weighted by Gasteiger charge is 2.58. The number of amides is 1. The van der Waals surface area contributed by atoms with E-state index in [2.05, 4.69) is 5.32 Å². The van der Waals surface area contributed by atoms with Crippen molar-refractivity contribution in [3.05, 3.63) is 54.1 Å². The lowest BCUT2D eigenvalue weighted by Gasteiger charge is -2.36. The molecule has 1 amide bonds. The van der Waals surface area contributed by atoms with Crippen LogP contribution in [0.15, 0.2) is 48.5 Å². The summed E-state index contributed by atoms with van der Waals surface area (Å²) in [6.07, 6.45) is 4.41. The van der Waals surface area contributed by atoms with E-state index in [1.54, 1.807) is 7.11 Å². The van der Waals surface area contributed by atoms with Crippen molar-refractivity contribution in [2.75, 3.05) is 7.11 Å². The Morgan fingerprint density at radius 1 is 1.00 bits per heavy atom. The van der Waals surface area contributed by atoms with Crippen LogP contribution in [-0.2, 0) is 0 Å². The third kappa shape index (κ3) is 2.74. The van der Waals surface area contributed by atoms with Crippen LogP contribution in [0, 0.1) is 23.7 Å². The molecule has 146 valence electrons. The number of hydrogen-bond acceptors (Lipinski definition) is 3. The van der Waals surface area contributed by atoms with E-state index < -0.39 is 6.10 Å². The topological polar surface area (TPSA) is 58.6 Å². The first-order valence-corrected chi connectivity index (χ1v) is 10.4. The molecule has 0 spiro atoms. The maximum atomic E-state index is 13.0. The molecule has 3 fully saturated rings. The van der Waals surface area contributed by atoms with E-state index in [4.69, 9.17) is 4.74 Å². The van der Waals surface area contributed by atoms with E-state index in [0.29, 0.717) is 35.0 Å². The van der Waals surface area contributed by atoms with Gasteiger partial charge in [-0.15, -0.1) is 0 Å².